The molecule has 0 aliphatic rings. The third-order valence-corrected chi connectivity index (χ3v) is 10.1. The van der Waals surface area contributed by atoms with E-state index in [4.69, 9.17) is 9.40 Å². The molecule has 10 aromatic rings. The van der Waals surface area contributed by atoms with Gasteiger partial charge in [0.25, 0.3) is 0 Å². The fourth-order valence-electron chi connectivity index (χ4n) is 7.56. The van der Waals surface area contributed by atoms with E-state index in [-0.39, 0.29) is 0 Å². The fraction of sp³-hybridized carbons (Fsp3) is 0. The monoisotopic (exact) mass is 664 g/mol. The van der Waals surface area contributed by atoms with Crippen molar-refractivity contribution in [3.8, 4) is 33.4 Å². The molecule has 10 rings (SSSR count). The van der Waals surface area contributed by atoms with E-state index in [1.165, 1.54) is 33.0 Å². The van der Waals surface area contributed by atoms with Gasteiger partial charge in [-0.1, -0.05) is 152 Å². The summed E-state index contributed by atoms with van der Waals surface area (Å²) in [6.07, 6.45) is 0. The highest BCUT2D eigenvalue weighted by atomic mass is 16.3. The maximum Gasteiger partial charge on any atom is 0.229 e. The molecule has 0 aliphatic heterocycles. The van der Waals surface area contributed by atoms with Crippen molar-refractivity contribution in [2.75, 3.05) is 4.90 Å². The van der Waals surface area contributed by atoms with Crippen molar-refractivity contribution in [1.82, 2.24) is 4.98 Å². The molecule has 0 saturated carbocycles. The first-order chi connectivity index (χ1) is 25.8. The first-order valence-electron chi connectivity index (χ1n) is 17.6. The molecule has 3 nitrogen and oxygen atoms in total. The summed E-state index contributed by atoms with van der Waals surface area (Å²) in [5.74, 6) is 0.786. The van der Waals surface area contributed by atoms with Gasteiger partial charge >= 0.3 is 0 Å². The van der Waals surface area contributed by atoms with Crippen LogP contribution in [0.1, 0.15) is 0 Å². The van der Waals surface area contributed by atoms with Gasteiger partial charge in [-0.25, -0.2) is 0 Å². The lowest BCUT2D eigenvalue weighted by Gasteiger charge is -2.25. The Kier molecular flexibility index (Phi) is 7.14. The first-order valence-corrected chi connectivity index (χ1v) is 17.6. The summed E-state index contributed by atoms with van der Waals surface area (Å²) in [4.78, 5) is 7.38. The number of rotatable bonds is 6. The highest BCUT2D eigenvalue weighted by Gasteiger charge is 2.19. The van der Waals surface area contributed by atoms with Crippen LogP contribution in [-0.4, -0.2) is 4.98 Å². The van der Waals surface area contributed by atoms with Crippen molar-refractivity contribution in [3.63, 3.8) is 0 Å². The van der Waals surface area contributed by atoms with E-state index in [9.17, 15) is 0 Å². The zero-order valence-electron chi connectivity index (χ0n) is 28.3. The van der Waals surface area contributed by atoms with Crippen LogP contribution in [0.5, 0.6) is 0 Å². The standard InChI is InChI=1S/C49H32N2O/c1-3-11-33(12-4-1)34-19-24-38(25-20-34)51(47-32-31-46-45-28-23-36-15-7-8-16-42(36)48(45)52-49(46)50-47)39-26-21-37(22-27-39)41-30-29-40(35-13-5-2-6-14-35)43-17-9-10-18-44(41)43/h1-32H. The molecule has 0 spiro atoms. The van der Waals surface area contributed by atoms with Gasteiger partial charge in [0.15, 0.2) is 0 Å². The third-order valence-electron chi connectivity index (χ3n) is 10.1. The van der Waals surface area contributed by atoms with Crippen molar-refractivity contribution in [3.05, 3.63) is 194 Å². The van der Waals surface area contributed by atoms with Crippen LogP contribution < -0.4 is 4.90 Å². The Morgan fingerprint density at radius 1 is 0.346 bits per heavy atom. The number of benzene rings is 8. The van der Waals surface area contributed by atoms with Gasteiger partial charge in [0.2, 0.25) is 5.71 Å². The van der Waals surface area contributed by atoms with Crippen molar-refractivity contribution in [1.29, 1.82) is 0 Å². The zero-order valence-corrected chi connectivity index (χ0v) is 28.3. The fourth-order valence-corrected chi connectivity index (χ4v) is 7.56. The van der Waals surface area contributed by atoms with E-state index in [0.717, 1.165) is 55.4 Å². The maximum atomic E-state index is 6.53. The minimum Gasteiger partial charge on any atom is -0.437 e. The van der Waals surface area contributed by atoms with Gasteiger partial charge in [0.05, 0.1) is 0 Å². The van der Waals surface area contributed by atoms with E-state index in [1.54, 1.807) is 0 Å². The molecule has 2 heterocycles. The van der Waals surface area contributed by atoms with E-state index in [0.29, 0.717) is 5.71 Å². The van der Waals surface area contributed by atoms with Crippen molar-refractivity contribution in [2.24, 2.45) is 0 Å². The van der Waals surface area contributed by atoms with Crippen molar-refractivity contribution < 1.29 is 4.42 Å². The molecule has 0 bridgehead atoms. The molecule has 244 valence electrons. The second-order valence-corrected chi connectivity index (χ2v) is 13.2. The van der Waals surface area contributed by atoms with Crippen LogP contribution in [0.15, 0.2) is 199 Å². The summed E-state index contributed by atoms with van der Waals surface area (Å²) in [5.41, 5.74) is 10.7. The van der Waals surface area contributed by atoms with Gasteiger partial charge < -0.3 is 4.42 Å². The molecule has 8 aromatic carbocycles. The molecule has 3 heteroatoms. The number of aromatic nitrogens is 1. The number of fused-ring (bicyclic) bond motifs is 6. The molecule has 0 amide bonds. The highest BCUT2D eigenvalue weighted by Crippen LogP contribution is 2.41. The molecule has 0 unspecified atom stereocenters. The summed E-state index contributed by atoms with van der Waals surface area (Å²) >= 11 is 0. The SMILES string of the molecule is c1ccc(-c2ccc(N(c3ccc(-c4ccc(-c5ccccc5)c5ccccc45)cc3)c3ccc4c(n3)oc3c5ccccc5ccc43)cc2)cc1. The number of pyridine rings is 1. The molecule has 0 aliphatic carbocycles. The van der Waals surface area contributed by atoms with Crippen molar-refractivity contribution in [2.45, 2.75) is 0 Å². The zero-order chi connectivity index (χ0) is 34.4. The first kappa shape index (κ1) is 29.9. The second-order valence-electron chi connectivity index (χ2n) is 13.2. The Bertz CT molecular complexity index is 2880. The van der Waals surface area contributed by atoms with Gasteiger partial charge in [0, 0.05) is 27.5 Å². The Morgan fingerprint density at radius 3 is 1.50 bits per heavy atom. The number of furan rings is 1. The minimum atomic E-state index is 0.622. The van der Waals surface area contributed by atoms with E-state index in [1.807, 2.05) is 6.07 Å². The molecule has 0 N–H and O–H groups in total. The van der Waals surface area contributed by atoms with Gasteiger partial charge in [-0.3, -0.25) is 4.90 Å². The molecular formula is C49H32N2O. The topological polar surface area (TPSA) is 29.3 Å². The lowest BCUT2D eigenvalue weighted by atomic mass is 9.92. The van der Waals surface area contributed by atoms with Crippen molar-refractivity contribution >= 4 is 60.8 Å². The predicted octanol–water partition coefficient (Wildman–Crippen LogP) is 13.8. The Hall–Kier alpha value is -6.97. The average molecular weight is 665 g/mol. The molecular weight excluding hydrogens is 633 g/mol. The molecule has 0 saturated heterocycles. The summed E-state index contributed by atoms with van der Waals surface area (Å²) in [5, 5.41) is 6.79. The van der Waals surface area contributed by atoms with Gasteiger partial charge in [-0.2, -0.15) is 4.98 Å². The summed E-state index contributed by atoms with van der Waals surface area (Å²) in [7, 11) is 0. The Balaban J connectivity index is 1.09. The van der Waals surface area contributed by atoms with Gasteiger partial charge in [-0.05, 0) is 92.0 Å². The van der Waals surface area contributed by atoms with Crippen LogP contribution in [0.4, 0.5) is 17.2 Å². The number of anilines is 3. The molecule has 0 radical (unpaired) electrons. The Labute approximate surface area is 301 Å². The quantitative estimate of drug-likeness (QED) is 0.177. The Morgan fingerprint density at radius 2 is 0.846 bits per heavy atom. The summed E-state index contributed by atoms with van der Waals surface area (Å²) in [6.45, 7) is 0. The van der Waals surface area contributed by atoms with Crippen LogP contribution in [-0.2, 0) is 0 Å². The van der Waals surface area contributed by atoms with E-state index < -0.39 is 0 Å². The molecule has 52 heavy (non-hydrogen) atoms. The lowest BCUT2D eigenvalue weighted by Crippen LogP contribution is -2.11. The second kappa shape index (κ2) is 12.4. The van der Waals surface area contributed by atoms with Crippen LogP contribution >= 0.6 is 0 Å². The normalized spacial score (nSPS) is 11.5. The molecule has 0 fully saturated rings. The maximum absolute atomic E-state index is 6.53. The van der Waals surface area contributed by atoms with E-state index >= 15 is 0 Å². The van der Waals surface area contributed by atoms with E-state index in [2.05, 4.69) is 193 Å². The number of hydrogen-bond donors (Lipinski definition) is 0. The largest absolute Gasteiger partial charge is 0.437 e. The van der Waals surface area contributed by atoms with Crippen LogP contribution in [0.3, 0.4) is 0 Å². The predicted molar refractivity (Wildman–Crippen MR) is 218 cm³/mol. The van der Waals surface area contributed by atoms with Crippen LogP contribution in [0.2, 0.25) is 0 Å². The van der Waals surface area contributed by atoms with Gasteiger partial charge in [-0.15, -0.1) is 0 Å². The summed E-state index contributed by atoms with van der Waals surface area (Å²) in [6, 6.07) is 68.7. The summed E-state index contributed by atoms with van der Waals surface area (Å²) < 4.78 is 6.53. The number of hydrogen-bond acceptors (Lipinski definition) is 3. The van der Waals surface area contributed by atoms with Gasteiger partial charge in [0.1, 0.15) is 11.4 Å². The van der Waals surface area contributed by atoms with Crippen LogP contribution in [0, 0.1) is 0 Å². The smallest absolute Gasteiger partial charge is 0.229 e. The average Bonchev–Trinajstić information content (AvgIpc) is 3.60. The third kappa shape index (κ3) is 5.10. The molecule has 0 atom stereocenters. The lowest BCUT2D eigenvalue weighted by molar-refractivity contribution is 0.658. The highest BCUT2D eigenvalue weighted by molar-refractivity contribution is 6.14. The molecule has 2 aromatic heterocycles. The van der Waals surface area contributed by atoms with Crippen LogP contribution in [0.25, 0.3) is 77.0 Å². The minimum absolute atomic E-state index is 0.622. The number of nitrogens with zero attached hydrogens (tertiary/aromatic N) is 2.